The Morgan fingerprint density at radius 3 is 2.68 bits per heavy atom. The summed E-state index contributed by atoms with van der Waals surface area (Å²) in [5.74, 6) is 0.454. The fourth-order valence-corrected chi connectivity index (χ4v) is 5.51. The highest BCUT2D eigenvalue weighted by Gasteiger charge is 2.24. The molecule has 4 rings (SSSR count). The number of aryl methyl sites for hydroxylation is 1. The van der Waals surface area contributed by atoms with Crippen molar-refractivity contribution in [1.29, 1.82) is 0 Å². The molecule has 6 nitrogen and oxygen atoms in total. The second-order valence-electron chi connectivity index (χ2n) is 8.43. The Kier molecular flexibility index (Phi) is 6.92. The number of carbonyl (C=O) groups is 2. The minimum absolute atomic E-state index is 0.0319. The Labute approximate surface area is 188 Å². The third-order valence-corrected chi connectivity index (χ3v) is 7.45. The molecule has 1 aromatic carbocycles. The second-order valence-corrected chi connectivity index (χ2v) is 9.57. The molecule has 1 saturated heterocycles. The minimum atomic E-state index is -0.192. The summed E-state index contributed by atoms with van der Waals surface area (Å²) in [6, 6.07) is 9.87. The lowest BCUT2D eigenvalue weighted by molar-refractivity contribution is -0.116. The van der Waals surface area contributed by atoms with Gasteiger partial charge in [0.25, 0.3) is 5.91 Å². The molecule has 2 aromatic rings. The minimum Gasteiger partial charge on any atom is -0.378 e. The normalized spacial score (nSPS) is 18.4. The maximum Gasteiger partial charge on any atom is 0.264 e. The van der Waals surface area contributed by atoms with E-state index >= 15 is 0 Å². The van der Waals surface area contributed by atoms with Crippen LogP contribution in [0.15, 0.2) is 30.3 Å². The molecule has 1 aliphatic carbocycles. The molecule has 166 valence electrons. The molecule has 0 spiro atoms. The number of nitrogens with one attached hydrogen (secondary N) is 1. The molecule has 1 fully saturated rings. The number of carbonyl (C=O) groups excluding carboxylic acids is 2. The summed E-state index contributed by atoms with van der Waals surface area (Å²) in [6.07, 6.45) is 4.53. The first-order valence-corrected chi connectivity index (χ1v) is 11.9. The number of fused-ring (bicyclic) bond motifs is 1. The Balaban J connectivity index is 1.31. The van der Waals surface area contributed by atoms with E-state index in [0.717, 1.165) is 61.3 Å². The SMILES string of the molecule is CC[C@@H]1CCc2sc(C(=O)N(C)CC(=O)Nc3ccc(N4CCOCC4)cc3)cc2C1. The fourth-order valence-electron chi connectivity index (χ4n) is 4.31. The van der Waals surface area contributed by atoms with Crippen LogP contribution in [0.5, 0.6) is 0 Å². The molecular formula is C24H31N3O3S. The standard InChI is InChI=1S/C24H31N3O3S/c1-3-17-4-9-21-18(14-17)15-22(31-21)24(29)26(2)16-23(28)25-19-5-7-20(8-6-19)27-10-12-30-13-11-27/h5-8,15,17H,3-4,9-14,16H2,1-2H3,(H,25,28)/t17-/m1/s1. The predicted molar refractivity (Wildman–Crippen MR) is 125 cm³/mol. The molecule has 1 N–H and O–H groups in total. The van der Waals surface area contributed by atoms with Crippen molar-refractivity contribution in [1.82, 2.24) is 4.90 Å². The van der Waals surface area contributed by atoms with E-state index in [1.54, 1.807) is 18.4 Å². The number of thiophene rings is 1. The van der Waals surface area contributed by atoms with E-state index < -0.39 is 0 Å². The maximum absolute atomic E-state index is 12.9. The van der Waals surface area contributed by atoms with Gasteiger partial charge in [-0.25, -0.2) is 0 Å². The van der Waals surface area contributed by atoms with Crippen molar-refractivity contribution in [3.63, 3.8) is 0 Å². The lowest BCUT2D eigenvalue weighted by Crippen LogP contribution is -2.36. The molecule has 2 amide bonds. The van der Waals surface area contributed by atoms with E-state index in [-0.39, 0.29) is 18.4 Å². The van der Waals surface area contributed by atoms with Gasteiger partial charge in [0.1, 0.15) is 0 Å². The van der Waals surface area contributed by atoms with Crippen molar-refractivity contribution in [3.8, 4) is 0 Å². The summed E-state index contributed by atoms with van der Waals surface area (Å²) in [4.78, 5) is 31.2. The summed E-state index contributed by atoms with van der Waals surface area (Å²) >= 11 is 1.59. The van der Waals surface area contributed by atoms with Crippen molar-refractivity contribution in [3.05, 3.63) is 45.6 Å². The Hall–Kier alpha value is -2.38. The van der Waals surface area contributed by atoms with Gasteiger partial charge in [0.05, 0.1) is 24.6 Å². The molecule has 1 aliphatic heterocycles. The van der Waals surface area contributed by atoms with Crippen LogP contribution < -0.4 is 10.2 Å². The quantitative estimate of drug-likeness (QED) is 0.741. The average molecular weight is 442 g/mol. The first kappa shape index (κ1) is 21.8. The van der Waals surface area contributed by atoms with Crippen LogP contribution in [-0.4, -0.2) is 56.6 Å². The molecule has 7 heteroatoms. The van der Waals surface area contributed by atoms with Gasteiger partial charge >= 0.3 is 0 Å². The van der Waals surface area contributed by atoms with E-state index in [0.29, 0.717) is 0 Å². The zero-order valence-corrected chi connectivity index (χ0v) is 19.2. The number of likely N-dealkylation sites (N-methyl/N-ethyl adjacent to an activating group) is 1. The molecule has 0 saturated carbocycles. The molecular weight excluding hydrogens is 410 g/mol. The van der Waals surface area contributed by atoms with Crippen LogP contribution in [0.25, 0.3) is 0 Å². The predicted octanol–water partition coefficient (Wildman–Crippen LogP) is 3.81. The molecule has 0 unspecified atom stereocenters. The molecule has 31 heavy (non-hydrogen) atoms. The lowest BCUT2D eigenvalue weighted by Gasteiger charge is -2.28. The number of amides is 2. The Morgan fingerprint density at radius 1 is 1.23 bits per heavy atom. The second kappa shape index (κ2) is 9.83. The van der Waals surface area contributed by atoms with Crippen LogP contribution in [0, 0.1) is 5.92 Å². The highest BCUT2D eigenvalue weighted by molar-refractivity contribution is 7.14. The molecule has 0 radical (unpaired) electrons. The zero-order chi connectivity index (χ0) is 21.8. The topological polar surface area (TPSA) is 61.9 Å². The van der Waals surface area contributed by atoms with Gasteiger partial charge in [-0.3, -0.25) is 9.59 Å². The number of rotatable bonds is 6. The van der Waals surface area contributed by atoms with Gasteiger partial charge in [-0.2, -0.15) is 0 Å². The number of ether oxygens (including phenoxy) is 1. The average Bonchev–Trinajstić information content (AvgIpc) is 3.22. The van der Waals surface area contributed by atoms with Gasteiger partial charge in [-0.15, -0.1) is 11.3 Å². The lowest BCUT2D eigenvalue weighted by atomic mass is 9.87. The third kappa shape index (κ3) is 5.28. The van der Waals surface area contributed by atoms with Gasteiger partial charge in [0.15, 0.2) is 0 Å². The molecule has 1 atom stereocenters. The number of benzene rings is 1. The number of morpholine rings is 1. The van der Waals surface area contributed by atoms with Gasteiger partial charge in [0.2, 0.25) is 5.91 Å². The van der Waals surface area contributed by atoms with Crippen LogP contribution in [-0.2, 0) is 22.4 Å². The highest BCUT2D eigenvalue weighted by atomic mass is 32.1. The summed E-state index contributed by atoms with van der Waals surface area (Å²) in [6.45, 7) is 5.51. The molecule has 2 heterocycles. The number of nitrogens with zero attached hydrogens (tertiary/aromatic N) is 2. The first-order chi connectivity index (χ1) is 15.0. The van der Waals surface area contributed by atoms with Gasteiger partial charge in [0, 0.05) is 36.4 Å². The van der Waals surface area contributed by atoms with Crippen molar-refractivity contribution in [2.45, 2.75) is 32.6 Å². The third-order valence-electron chi connectivity index (χ3n) is 6.23. The van der Waals surface area contributed by atoms with Crippen LogP contribution in [0.4, 0.5) is 11.4 Å². The summed E-state index contributed by atoms with van der Waals surface area (Å²) in [5, 5.41) is 2.90. The van der Waals surface area contributed by atoms with Crippen molar-refractivity contribution in [2.24, 2.45) is 5.92 Å². The van der Waals surface area contributed by atoms with Crippen LogP contribution in [0.3, 0.4) is 0 Å². The van der Waals surface area contributed by atoms with E-state index in [4.69, 9.17) is 4.74 Å². The molecule has 1 aromatic heterocycles. The van der Waals surface area contributed by atoms with Gasteiger partial charge < -0.3 is 19.9 Å². The van der Waals surface area contributed by atoms with E-state index in [1.165, 1.54) is 28.2 Å². The Bertz CT molecular complexity index is 919. The summed E-state index contributed by atoms with van der Waals surface area (Å²) in [7, 11) is 1.69. The van der Waals surface area contributed by atoms with Crippen LogP contribution in [0.1, 0.15) is 39.9 Å². The summed E-state index contributed by atoms with van der Waals surface area (Å²) < 4.78 is 5.39. The van der Waals surface area contributed by atoms with E-state index in [2.05, 4.69) is 17.1 Å². The van der Waals surface area contributed by atoms with Crippen molar-refractivity contribution < 1.29 is 14.3 Å². The smallest absolute Gasteiger partial charge is 0.264 e. The largest absolute Gasteiger partial charge is 0.378 e. The van der Waals surface area contributed by atoms with E-state index in [9.17, 15) is 9.59 Å². The highest BCUT2D eigenvalue weighted by Crippen LogP contribution is 2.34. The number of anilines is 2. The van der Waals surface area contributed by atoms with Gasteiger partial charge in [-0.1, -0.05) is 13.3 Å². The van der Waals surface area contributed by atoms with Crippen molar-refractivity contribution >= 4 is 34.5 Å². The number of hydrogen-bond donors (Lipinski definition) is 1. The number of hydrogen-bond acceptors (Lipinski definition) is 5. The van der Waals surface area contributed by atoms with Crippen molar-refractivity contribution in [2.75, 3.05) is 50.1 Å². The van der Waals surface area contributed by atoms with Crippen LogP contribution >= 0.6 is 11.3 Å². The molecule has 2 aliphatic rings. The monoisotopic (exact) mass is 441 g/mol. The maximum atomic E-state index is 12.9. The fraction of sp³-hybridized carbons (Fsp3) is 0.500. The first-order valence-electron chi connectivity index (χ1n) is 11.1. The van der Waals surface area contributed by atoms with E-state index in [1.807, 2.05) is 30.3 Å². The zero-order valence-electron chi connectivity index (χ0n) is 18.4. The summed E-state index contributed by atoms with van der Waals surface area (Å²) in [5.41, 5.74) is 3.19. The molecule has 0 bridgehead atoms. The van der Waals surface area contributed by atoms with Gasteiger partial charge in [-0.05, 0) is 61.1 Å². The van der Waals surface area contributed by atoms with Crippen LogP contribution in [0.2, 0.25) is 0 Å². The Morgan fingerprint density at radius 2 is 1.97 bits per heavy atom.